The summed E-state index contributed by atoms with van der Waals surface area (Å²) in [5.74, 6) is -0.686. The first kappa shape index (κ1) is 24.7. The first-order valence-electron chi connectivity index (χ1n) is 10.7. The maximum absolute atomic E-state index is 13.1. The molecule has 1 atom stereocenters. The zero-order valence-corrected chi connectivity index (χ0v) is 19.1. The fraction of sp³-hybridized carbons (Fsp3) is 0.250. The number of carboxylic acid groups (broad SMARTS) is 1. The molecule has 1 unspecified atom stereocenters. The van der Waals surface area contributed by atoms with Crippen LogP contribution >= 0.6 is 0 Å². The van der Waals surface area contributed by atoms with Gasteiger partial charge in [-0.3, -0.25) is 4.98 Å². The molecule has 2 aromatic carbocycles. The van der Waals surface area contributed by atoms with Crippen LogP contribution in [0.4, 0.5) is 13.2 Å². The molecule has 0 bridgehead atoms. The second-order valence-corrected chi connectivity index (χ2v) is 9.74. The first-order valence-corrected chi connectivity index (χ1v) is 12.2. The van der Waals surface area contributed by atoms with Gasteiger partial charge in [0.15, 0.2) is 6.61 Å². The average molecular weight is 507 g/mol. The topological polar surface area (TPSA) is 106 Å². The molecule has 0 radical (unpaired) electrons. The average Bonchev–Trinajstić information content (AvgIpc) is 2.82. The summed E-state index contributed by atoms with van der Waals surface area (Å²) < 4.78 is 72.3. The number of halogens is 3. The summed E-state index contributed by atoms with van der Waals surface area (Å²) in [7, 11) is -3.92. The largest absolute Gasteiger partial charge is 0.482 e. The molecule has 1 aliphatic rings. The number of alkyl halides is 3. The number of benzene rings is 2. The van der Waals surface area contributed by atoms with Crippen LogP contribution in [-0.2, 0) is 27.4 Å². The van der Waals surface area contributed by atoms with Crippen LogP contribution in [0.25, 0.3) is 11.1 Å². The molecule has 3 aromatic rings. The van der Waals surface area contributed by atoms with Crippen molar-refractivity contribution in [2.45, 2.75) is 36.4 Å². The Balaban J connectivity index is 1.53. The van der Waals surface area contributed by atoms with Gasteiger partial charge in [-0.15, -0.1) is 0 Å². The number of hydrogen-bond acceptors (Lipinski definition) is 5. The Labute approximate surface area is 199 Å². The highest BCUT2D eigenvalue weighted by Crippen LogP contribution is 2.36. The third-order valence-electron chi connectivity index (χ3n) is 5.66. The van der Waals surface area contributed by atoms with Crippen LogP contribution in [0.3, 0.4) is 0 Å². The van der Waals surface area contributed by atoms with Crippen LogP contribution in [0.1, 0.15) is 35.7 Å². The molecule has 2 N–H and O–H groups in total. The third kappa shape index (κ3) is 5.63. The molecule has 1 heterocycles. The number of rotatable bonds is 7. The molecule has 0 spiro atoms. The van der Waals surface area contributed by atoms with Crippen molar-refractivity contribution in [1.29, 1.82) is 0 Å². The number of nitrogens with zero attached hydrogens (tertiary/aromatic N) is 1. The number of hydrogen-bond donors (Lipinski definition) is 2. The summed E-state index contributed by atoms with van der Waals surface area (Å²) in [6.45, 7) is -0.492. The summed E-state index contributed by atoms with van der Waals surface area (Å²) in [6.07, 6.45) is -1.56. The van der Waals surface area contributed by atoms with E-state index in [9.17, 15) is 26.4 Å². The number of ether oxygens (including phenoxy) is 1. The van der Waals surface area contributed by atoms with Gasteiger partial charge in [-0.1, -0.05) is 30.3 Å². The van der Waals surface area contributed by atoms with E-state index >= 15 is 0 Å². The van der Waals surface area contributed by atoms with Gasteiger partial charge in [-0.05, 0) is 60.2 Å². The van der Waals surface area contributed by atoms with Crippen molar-refractivity contribution in [2.75, 3.05) is 6.61 Å². The number of aromatic nitrogens is 1. The summed E-state index contributed by atoms with van der Waals surface area (Å²) in [4.78, 5) is 14.3. The van der Waals surface area contributed by atoms with Crippen molar-refractivity contribution in [3.63, 3.8) is 0 Å². The minimum atomic E-state index is -4.54. The highest BCUT2D eigenvalue weighted by Gasteiger charge is 2.32. The number of carbonyl (C=O) groups is 1. The van der Waals surface area contributed by atoms with Crippen molar-refractivity contribution in [3.05, 3.63) is 77.6 Å². The second kappa shape index (κ2) is 9.67. The van der Waals surface area contributed by atoms with Gasteiger partial charge in [0.05, 0.1) is 4.90 Å². The fourth-order valence-electron chi connectivity index (χ4n) is 4.03. The number of pyridine rings is 1. The van der Waals surface area contributed by atoms with E-state index < -0.39 is 40.5 Å². The third-order valence-corrected chi connectivity index (χ3v) is 7.15. The van der Waals surface area contributed by atoms with E-state index in [-0.39, 0.29) is 4.90 Å². The van der Waals surface area contributed by atoms with E-state index in [1.54, 1.807) is 18.2 Å². The second-order valence-electron chi connectivity index (χ2n) is 8.03. The predicted octanol–water partition coefficient (Wildman–Crippen LogP) is 4.59. The van der Waals surface area contributed by atoms with Crippen LogP contribution < -0.4 is 9.46 Å². The fourth-order valence-corrected chi connectivity index (χ4v) is 5.28. The Hall–Kier alpha value is -3.44. The molecule has 0 saturated carbocycles. The van der Waals surface area contributed by atoms with Gasteiger partial charge < -0.3 is 9.84 Å². The Kier molecular flexibility index (Phi) is 6.82. The van der Waals surface area contributed by atoms with E-state index in [4.69, 9.17) is 9.84 Å². The lowest BCUT2D eigenvalue weighted by Gasteiger charge is -2.27. The molecule has 11 heteroatoms. The molecule has 4 rings (SSSR count). The Morgan fingerprint density at radius 2 is 1.80 bits per heavy atom. The quantitative estimate of drug-likeness (QED) is 0.486. The highest BCUT2D eigenvalue weighted by molar-refractivity contribution is 7.89. The summed E-state index contributed by atoms with van der Waals surface area (Å²) in [6, 6.07) is 12.5. The summed E-state index contributed by atoms with van der Waals surface area (Å²) in [5, 5.41) is 8.88. The number of fused-ring (bicyclic) bond motifs is 1. The lowest BCUT2D eigenvalue weighted by Crippen LogP contribution is -2.31. The lowest BCUT2D eigenvalue weighted by atomic mass is 9.87. The molecular weight excluding hydrogens is 485 g/mol. The molecular formula is C24H21F3N2O5S. The maximum atomic E-state index is 13.1. The van der Waals surface area contributed by atoms with Crippen LogP contribution in [0.2, 0.25) is 0 Å². The molecule has 0 fully saturated rings. The summed E-state index contributed by atoms with van der Waals surface area (Å²) >= 11 is 0. The smallest absolute Gasteiger partial charge is 0.433 e. The molecule has 7 nitrogen and oxygen atoms in total. The molecule has 1 aliphatic carbocycles. The van der Waals surface area contributed by atoms with Crippen molar-refractivity contribution < 1.29 is 36.2 Å². The first-order chi connectivity index (χ1) is 16.5. The highest BCUT2D eigenvalue weighted by atomic mass is 32.2. The minimum Gasteiger partial charge on any atom is -0.482 e. The van der Waals surface area contributed by atoms with Gasteiger partial charge >= 0.3 is 12.1 Å². The predicted molar refractivity (Wildman–Crippen MR) is 120 cm³/mol. The number of carboxylic acids is 1. The molecule has 0 aliphatic heterocycles. The van der Waals surface area contributed by atoms with Crippen LogP contribution in [-0.4, -0.2) is 31.1 Å². The number of nitrogens with one attached hydrogen (secondary N) is 1. The Bertz CT molecular complexity index is 1320. The number of aliphatic carboxylic acids is 1. The van der Waals surface area contributed by atoms with Crippen molar-refractivity contribution >= 4 is 16.0 Å². The number of sulfonamides is 1. The van der Waals surface area contributed by atoms with E-state index in [1.807, 2.05) is 0 Å². The van der Waals surface area contributed by atoms with Crippen molar-refractivity contribution in [1.82, 2.24) is 9.71 Å². The van der Waals surface area contributed by atoms with E-state index in [2.05, 4.69) is 9.71 Å². The van der Waals surface area contributed by atoms with Gasteiger partial charge in [-0.2, -0.15) is 13.2 Å². The van der Waals surface area contributed by atoms with E-state index in [1.165, 1.54) is 30.3 Å². The standard InChI is InChI=1S/C24H21F3N2O5S/c25-24(26,27)22-12-9-16(13-28-22)15-7-10-17(11-8-15)35(32,33)29-20-5-1-4-19-18(20)3-2-6-21(19)34-14-23(30)31/h2-3,6-13,20,29H,1,4-5,14H2,(H,30,31). The van der Waals surface area contributed by atoms with Crippen molar-refractivity contribution in [2.24, 2.45) is 0 Å². The van der Waals surface area contributed by atoms with E-state index in [0.29, 0.717) is 36.1 Å². The molecule has 0 saturated heterocycles. The Morgan fingerprint density at radius 1 is 1.09 bits per heavy atom. The van der Waals surface area contributed by atoms with Gasteiger partial charge in [-0.25, -0.2) is 17.9 Å². The van der Waals surface area contributed by atoms with Crippen LogP contribution in [0.5, 0.6) is 5.75 Å². The summed E-state index contributed by atoms with van der Waals surface area (Å²) in [5.41, 5.74) is 1.44. The van der Waals surface area contributed by atoms with Gasteiger partial charge in [0.2, 0.25) is 10.0 Å². The molecule has 35 heavy (non-hydrogen) atoms. The molecule has 1 aromatic heterocycles. The van der Waals surface area contributed by atoms with Crippen LogP contribution in [0, 0.1) is 0 Å². The van der Waals surface area contributed by atoms with Gasteiger partial charge in [0.1, 0.15) is 11.4 Å². The van der Waals surface area contributed by atoms with E-state index in [0.717, 1.165) is 23.4 Å². The molecule has 0 amide bonds. The van der Waals surface area contributed by atoms with Gasteiger partial charge in [0.25, 0.3) is 0 Å². The maximum Gasteiger partial charge on any atom is 0.433 e. The zero-order valence-electron chi connectivity index (χ0n) is 18.2. The lowest BCUT2D eigenvalue weighted by molar-refractivity contribution is -0.141. The monoisotopic (exact) mass is 506 g/mol. The van der Waals surface area contributed by atoms with Gasteiger partial charge in [0, 0.05) is 17.8 Å². The zero-order chi connectivity index (χ0) is 25.2. The SMILES string of the molecule is O=C(O)COc1cccc2c1CCCC2NS(=O)(=O)c1ccc(-c2ccc(C(F)(F)F)nc2)cc1. The minimum absolute atomic E-state index is 0.00604. The Morgan fingerprint density at radius 3 is 2.43 bits per heavy atom. The van der Waals surface area contributed by atoms with Crippen molar-refractivity contribution in [3.8, 4) is 16.9 Å². The normalized spacial score (nSPS) is 15.9. The molecule has 184 valence electrons. The van der Waals surface area contributed by atoms with Crippen LogP contribution in [0.15, 0.2) is 65.7 Å².